The molecule has 2 aromatic carbocycles. The Morgan fingerprint density at radius 1 is 1.19 bits per heavy atom. The number of aliphatic hydroxyl groups excluding tert-OH is 1. The van der Waals surface area contributed by atoms with Crippen LogP contribution in [-0.4, -0.2) is 57.1 Å². The fourth-order valence-corrected chi connectivity index (χ4v) is 3.64. The second-order valence-corrected chi connectivity index (χ2v) is 7.66. The van der Waals surface area contributed by atoms with Crippen LogP contribution in [0.15, 0.2) is 47.5 Å². The van der Waals surface area contributed by atoms with Crippen molar-refractivity contribution in [3.63, 3.8) is 0 Å². The first-order chi connectivity index (χ1) is 15.1. The van der Waals surface area contributed by atoms with Gasteiger partial charge < -0.3 is 30.1 Å². The molecule has 168 valence electrons. The van der Waals surface area contributed by atoms with Gasteiger partial charge in [-0.1, -0.05) is 23.8 Å². The molecule has 1 atom stereocenters. The molecule has 1 heterocycles. The van der Waals surface area contributed by atoms with Crippen molar-refractivity contribution in [3.8, 4) is 11.5 Å². The lowest BCUT2D eigenvalue weighted by atomic mass is 10.2. The summed E-state index contributed by atoms with van der Waals surface area (Å²) in [6, 6.07) is 14.8. The van der Waals surface area contributed by atoms with Gasteiger partial charge in [-0.15, -0.1) is 0 Å². The molecule has 0 spiro atoms. The van der Waals surface area contributed by atoms with Gasteiger partial charge in [0.15, 0.2) is 17.5 Å². The largest absolute Gasteiger partial charge is 0.493 e. The van der Waals surface area contributed by atoms with Crippen LogP contribution in [0, 0.1) is 6.92 Å². The number of aryl methyl sites for hydroxylation is 1. The Morgan fingerprint density at radius 3 is 2.71 bits per heavy atom. The molecule has 3 N–H and O–H groups in total. The Kier molecular flexibility index (Phi) is 8.41. The van der Waals surface area contributed by atoms with Crippen LogP contribution in [-0.2, 0) is 6.54 Å². The Bertz CT molecular complexity index is 854. The third kappa shape index (κ3) is 6.52. The first kappa shape index (κ1) is 22.7. The maximum atomic E-state index is 8.95. The van der Waals surface area contributed by atoms with Crippen LogP contribution in [0.5, 0.6) is 11.5 Å². The van der Waals surface area contributed by atoms with Gasteiger partial charge in [-0.2, -0.15) is 0 Å². The highest BCUT2D eigenvalue weighted by molar-refractivity contribution is 5.80. The highest BCUT2D eigenvalue weighted by Crippen LogP contribution is 2.28. The Labute approximate surface area is 185 Å². The average Bonchev–Trinajstić information content (AvgIpc) is 3.25. The van der Waals surface area contributed by atoms with Gasteiger partial charge in [-0.25, -0.2) is 4.99 Å². The molecule has 1 fully saturated rings. The molecule has 2 aromatic rings. The van der Waals surface area contributed by atoms with Gasteiger partial charge >= 0.3 is 0 Å². The second-order valence-electron chi connectivity index (χ2n) is 7.66. The number of rotatable bonds is 9. The van der Waals surface area contributed by atoms with E-state index in [4.69, 9.17) is 19.6 Å². The summed E-state index contributed by atoms with van der Waals surface area (Å²) in [6.07, 6.45) is 1.07. The van der Waals surface area contributed by atoms with Crippen LogP contribution in [0.2, 0.25) is 0 Å². The molecule has 0 amide bonds. The van der Waals surface area contributed by atoms with Gasteiger partial charge in [-0.3, -0.25) is 0 Å². The smallest absolute Gasteiger partial charge is 0.191 e. The van der Waals surface area contributed by atoms with E-state index in [0.29, 0.717) is 24.1 Å². The van der Waals surface area contributed by atoms with Gasteiger partial charge in [0.2, 0.25) is 0 Å². The summed E-state index contributed by atoms with van der Waals surface area (Å²) in [5, 5.41) is 15.9. The second kappa shape index (κ2) is 11.5. The van der Waals surface area contributed by atoms with Crippen LogP contribution in [0.3, 0.4) is 0 Å². The number of nitrogens with zero attached hydrogens (tertiary/aromatic N) is 2. The fraction of sp³-hybridized carbons (Fsp3) is 0.458. The highest BCUT2D eigenvalue weighted by atomic mass is 16.5. The molecule has 7 nitrogen and oxygen atoms in total. The molecular weight excluding hydrogens is 392 g/mol. The topological polar surface area (TPSA) is 78.4 Å². The summed E-state index contributed by atoms with van der Waals surface area (Å²) < 4.78 is 10.9. The summed E-state index contributed by atoms with van der Waals surface area (Å²) in [4.78, 5) is 7.18. The lowest BCUT2D eigenvalue weighted by molar-refractivity contribution is 0.196. The van der Waals surface area contributed by atoms with E-state index in [1.54, 1.807) is 7.11 Å². The SMILES string of the molecule is CCNC(=NCc1ccc(OCCO)c(OC)c1)NC1CCN(c2ccc(C)cc2)C1. The van der Waals surface area contributed by atoms with Crippen LogP contribution in [0.4, 0.5) is 5.69 Å². The van der Waals surface area contributed by atoms with Crippen molar-refractivity contribution in [1.29, 1.82) is 0 Å². The maximum Gasteiger partial charge on any atom is 0.191 e. The minimum Gasteiger partial charge on any atom is -0.493 e. The zero-order chi connectivity index (χ0) is 22.1. The molecule has 1 aliphatic rings. The number of aliphatic hydroxyl groups is 1. The van der Waals surface area contributed by atoms with E-state index in [-0.39, 0.29) is 13.2 Å². The van der Waals surface area contributed by atoms with E-state index < -0.39 is 0 Å². The molecule has 3 rings (SSSR count). The zero-order valence-electron chi connectivity index (χ0n) is 18.7. The highest BCUT2D eigenvalue weighted by Gasteiger charge is 2.23. The molecule has 1 unspecified atom stereocenters. The summed E-state index contributed by atoms with van der Waals surface area (Å²) in [7, 11) is 1.61. The van der Waals surface area contributed by atoms with Crippen molar-refractivity contribution in [2.45, 2.75) is 32.9 Å². The van der Waals surface area contributed by atoms with E-state index in [2.05, 4.69) is 53.6 Å². The molecule has 31 heavy (non-hydrogen) atoms. The maximum absolute atomic E-state index is 8.95. The number of guanidine groups is 1. The van der Waals surface area contributed by atoms with Gasteiger partial charge in [0.05, 0.1) is 20.3 Å². The van der Waals surface area contributed by atoms with Crippen LogP contribution in [0.25, 0.3) is 0 Å². The van der Waals surface area contributed by atoms with E-state index in [9.17, 15) is 0 Å². The van der Waals surface area contributed by atoms with Crippen molar-refractivity contribution in [3.05, 3.63) is 53.6 Å². The zero-order valence-corrected chi connectivity index (χ0v) is 18.7. The number of anilines is 1. The van der Waals surface area contributed by atoms with E-state index in [0.717, 1.165) is 37.6 Å². The van der Waals surface area contributed by atoms with Crippen LogP contribution in [0.1, 0.15) is 24.5 Å². The van der Waals surface area contributed by atoms with Gasteiger partial charge in [0.1, 0.15) is 6.61 Å². The van der Waals surface area contributed by atoms with E-state index in [1.807, 2.05) is 18.2 Å². The predicted octanol–water partition coefficient (Wildman–Crippen LogP) is 2.71. The molecule has 0 saturated carbocycles. The Hall–Kier alpha value is -2.93. The lowest BCUT2D eigenvalue weighted by Crippen LogP contribution is -2.44. The van der Waals surface area contributed by atoms with E-state index >= 15 is 0 Å². The molecule has 1 saturated heterocycles. The molecule has 0 radical (unpaired) electrons. The average molecular weight is 427 g/mol. The summed E-state index contributed by atoms with van der Waals surface area (Å²) in [5.41, 5.74) is 3.58. The molecule has 0 aliphatic carbocycles. The quantitative estimate of drug-likeness (QED) is 0.423. The number of nitrogens with one attached hydrogen (secondary N) is 2. The number of hydrogen-bond donors (Lipinski definition) is 3. The van der Waals surface area contributed by atoms with Crippen molar-refractivity contribution in [1.82, 2.24) is 10.6 Å². The van der Waals surface area contributed by atoms with Crippen molar-refractivity contribution < 1.29 is 14.6 Å². The molecule has 1 aliphatic heterocycles. The summed E-state index contributed by atoms with van der Waals surface area (Å²) in [5.74, 6) is 2.08. The minimum absolute atomic E-state index is 0.0323. The van der Waals surface area contributed by atoms with Crippen molar-refractivity contribution >= 4 is 11.6 Å². The molecule has 7 heteroatoms. The molecule has 0 aromatic heterocycles. The van der Waals surface area contributed by atoms with Crippen LogP contribution < -0.4 is 25.0 Å². The molecular formula is C24H34N4O3. The standard InChI is InChI=1S/C24H34N4O3/c1-4-25-24(26-16-19-7-10-22(31-14-13-29)23(15-19)30-3)27-20-11-12-28(17-20)21-8-5-18(2)6-9-21/h5-10,15,20,29H,4,11-14,16-17H2,1-3H3,(H2,25,26,27). The third-order valence-corrected chi connectivity index (χ3v) is 5.27. The third-order valence-electron chi connectivity index (χ3n) is 5.27. The van der Waals surface area contributed by atoms with Crippen molar-refractivity contribution in [2.24, 2.45) is 4.99 Å². The minimum atomic E-state index is -0.0323. The number of hydrogen-bond acceptors (Lipinski definition) is 5. The van der Waals surface area contributed by atoms with Gasteiger partial charge in [0, 0.05) is 31.4 Å². The number of benzene rings is 2. The fourth-order valence-electron chi connectivity index (χ4n) is 3.64. The summed E-state index contributed by atoms with van der Waals surface area (Å²) in [6.45, 7) is 7.71. The lowest BCUT2D eigenvalue weighted by Gasteiger charge is -2.20. The number of ether oxygens (including phenoxy) is 2. The summed E-state index contributed by atoms with van der Waals surface area (Å²) >= 11 is 0. The first-order valence-electron chi connectivity index (χ1n) is 10.9. The number of methoxy groups -OCH3 is 1. The molecule has 0 bridgehead atoms. The predicted molar refractivity (Wildman–Crippen MR) is 125 cm³/mol. The van der Waals surface area contributed by atoms with Gasteiger partial charge in [-0.05, 0) is 50.1 Å². The number of aliphatic imine (C=N–C) groups is 1. The monoisotopic (exact) mass is 426 g/mol. The van der Waals surface area contributed by atoms with E-state index in [1.165, 1.54) is 11.3 Å². The first-order valence-corrected chi connectivity index (χ1v) is 10.9. The van der Waals surface area contributed by atoms with Crippen LogP contribution >= 0.6 is 0 Å². The van der Waals surface area contributed by atoms with Gasteiger partial charge in [0.25, 0.3) is 0 Å². The Balaban J connectivity index is 1.61. The Morgan fingerprint density at radius 2 is 2.00 bits per heavy atom. The van der Waals surface area contributed by atoms with Crippen molar-refractivity contribution in [2.75, 3.05) is 44.9 Å². The normalized spacial score (nSPS) is 16.3.